The first-order valence-corrected chi connectivity index (χ1v) is 9.51. The molecule has 2 heterocycles. The van der Waals surface area contributed by atoms with Crippen molar-refractivity contribution in [2.24, 2.45) is 5.41 Å². The van der Waals surface area contributed by atoms with Crippen molar-refractivity contribution in [2.45, 2.75) is 43.4 Å². The summed E-state index contributed by atoms with van der Waals surface area (Å²) in [5.41, 5.74) is 2.34. The SMILES string of the molecule is O=C(N1CC(c2ccccn2)C1)[C@]1(c2ccccc2)CC12CCCC2. The number of benzene rings is 1. The number of carbonyl (C=O) groups excluding carboxylic acids is 1. The molecule has 2 aliphatic carbocycles. The molecule has 0 N–H and O–H groups in total. The highest BCUT2D eigenvalue weighted by atomic mass is 16.2. The summed E-state index contributed by atoms with van der Waals surface area (Å²) in [5, 5.41) is 0. The lowest BCUT2D eigenvalue weighted by Gasteiger charge is -2.42. The van der Waals surface area contributed by atoms with Crippen LogP contribution in [0.5, 0.6) is 0 Å². The van der Waals surface area contributed by atoms with Crippen molar-refractivity contribution in [1.82, 2.24) is 9.88 Å². The van der Waals surface area contributed by atoms with Gasteiger partial charge in [0, 0.05) is 30.9 Å². The van der Waals surface area contributed by atoms with Crippen molar-refractivity contribution in [3.05, 3.63) is 66.0 Å². The van der Waals surface area contributed by atoms with Crippen molar-refractivity contribution < 1.29 is 4.79 Å². The lowest BCUT2D eigenvalue weighted by molar-refractivity contribution is -0.139. The van der Waals surface area contributed by atoms with Crippen molar-refractivity contribution in [2.75, 3.05) is 13.1 Å². The highest BCUT2D eigenvalue weighted by Gasteiger charge is 2.73. The van der Waals surface area contributed by atoms with Gasteiger partial charge in [0.15, 0.2) is 0 Å². The van der Waals surface area contributed by atoms with Gasteiger partial charge in [0.05, 0.1) is 5.41 Å². The third-order valence-corrected chi connectivity index (χ3v) is 6.85. The maximum atomic E-state index is 13.6. The van der Waals surface area contributed by atoms with E-state index in [1.54, 1.807) is 0 Å². The lowest BCUT2D eigenvalue weighted by Crippen LogP contribution is -2.53. The van der Waals surface area contributed by atoms with Gasteiger partial charge in [-0.3, -0.25) is 9.78 Å². The molecular formula is C22H24N2O. The molecule has 1 saturated heterocycles. The fraction of sp³-hybridized carbons (Fsp3) is 0.455. The smallest absolute Gasteiger partial charge is 0.233 e. The van der Waals surface area contributed by atoms with Crippen LogP contribution in [0.4, 0.5) is 0 Å². The summed E-state index contributed by atoms with van der Waals surface area (Å²) in [7, 11) is 0. The summed E-state index contributed by atoms with van der Waals surface area (Å²) in [6.07, 6.45) is 7.88. The van der Waals surface area contributed by atoms with Gasteiger partial charge in [-0.2, -0.15) is 0 Å². The predicted octanol–water partition coefficient (Wildman–Crippen LogP) is 3.91. The molecule has 3 heteroatoms. The molecule has 2 aromatic rings. The van der Waals surface area contributed by atoms with E-state index in [0.717, 1.165) is 25.2 Å². The lowest BCUT2D eigenvalue weighted by atomic mass is 9.82. The van der Waals surface area contributed by atoms with E-state index in [1.807, 2.05) is 24.4 Å². The minimum atomic E-state index is -0.250. The largest absolute Gasteiger partial charge is 0.340 e. The van der Waals surface area contributed by atoms with Gasteiger partial charge >= 0.3 is 0 Å². The number of pyridine rings is 1. The van der Waals surface area contributed by atoms with E-state index in [4.69, 9.17) is 0 Å². The number of nitrogens with zero attached hydrogens (tertiary/aromatic N) is 2. The minimum absolute atomic E-state index is 0.238. The Bertz CT molecular complexity index is 776. The zero-order valence-electron chi connectivity index (χ0n) is 14.5. The van der Waals surface area contributed by atoms with Crippen LogP contribution in [0.3, 0.4) is 0 Å². The summed E-state index contributed by atoms with van der Waals surface area (Å²) < 4.78 is 0. The van der Waals surface area contributed by atoms with Gasteiger partial charge in [0.25, 0.3) is 0 Å². The molecule has 3 nitrogen and oxygen atoms in total. The van der Waals surface area contributed by atoms with E-state index >= 15 is 0 Å². The van der Waals surface area contributed by atoms with E-state index in [1.165, 1.54) is 31.2 Å². The van der Waals surface area contributed by atoms with E-state index < -0.39 is 0 Å². The molecule has 3 aliphatic rings. The number of rotatable bonds is 3. The molecule has 1 amide bonds. The summed E-state index contributed by atoms with van der Waals surface area (Å²) in [4.78, 5) is 20.1. The van der Waals surface area contributed by atoms with Crippen LogP contribution in [0.25, 0.3) is 0 Å². The highest BCUT2D eigenvalue weighted by molar-refractivity contribution is 5.94. The van der Waals surface area contributed by atoms with E-state index in [9.17, 15) is 4.79 Å². The fourth-order valence-corrected chi connectivity index (χ4v) is 5.39. The Morgan fingerprint density at radius 2 is 1.72 bits per heavy atom. The number of likely N-dealkylation sites (tertiary alicyclic amines) is 1. The van der Waals surface area contributed by atoms with Gasteiger partial charge in [-0.15, -0.1) is 0 Å². The average molecular weight is 332 g/mol. The second-order valence-corrected chi connectivity index (χ2v) is 8.10. The number of hydrogen-bond donors (Lipinski definition) is 0. The summed E-state index contributed by atoms with van der Waals surface area (Å²) in [5.74, 6) is 0.768. The van der Waals surface area contributed by atoms with Gasteiger partial charge < -0.3 is 4.90 Å². The van der Waals surface area contributed by atoms with Crippen LogP contribution >= 0.6 is 0 Å². The topological polar surface area (TPSA) is 33.2 Å². The monoisotopic (exact) mass is 332 g/mol. The Balaban J connectivity index is 1.40. The molecule has 3 fully saturated rings. The van der Waals surface area contributed by atoms with Gasteiger partial charge in [0.2, 0.25) is 5.91 Å². The van der Waals surface area contributed by atoms with Crippen molar-refractivity contribution in [3.8, 4) is 0 Å². The number of hydrogen-bond acceptors (Lipinski definition) is 2. The molecule has 0 radical (unpaired) electrons. The standard InChI is InChI=1S/C22H24N2O/c25-20(24-14-17(15-24)19-10-4-7-13-23-19)22(18-8-2-1-3-9-18)16-21(22)11-5-6-12-21/h1-4,7-10,13,17H,5-6,11-12,14-16H2/t22-/m1/s1. The predicted molar refractivity (Wildman–Crippen MR) is 97.2 cm³/mol. The molecule has 1 aromatic heterocycles. The quantitative estimate of drug-likeness (QED) is 0.854. The number of amides is 1. The van der Waals surface area contributed by atoms with Gasteiger partial charge in [0.1, 0.15) is 0 Å². The van der Waals surface area contributed by atoms with Crippen LogP contribution in [-0.2, 0) is 10.2 Å². The molecule has 0 unspecified atom stereocenters. The first-order chi connectivity index (χ1) is 12.3. The van der Waals surface area contributed by atoms with Crippen molar-refractivity contribution in [1.29, 1.82) is 0 Å². The average Bonchev–Trinajstić information content (AvgIpc) is 3.03. The van der Waals surface area contributed by atoms with Crippen molar-refractivity contribution in [3.63, 3.8) is 0 Å². The first kappa shape index (κ1) is 15.1. The maximum Gasteiger partial charge on any atom is 0.233 e. The molecule has 1 spiro atoms. The Morgan fingerprint density at radius 3 is 2.40 bits per heavy atom. The Kier molecular flexibility index (Phi) is 3.28. The third-order valence-electron chi connectivity index (χ3n) is 6.85. The second-order valence-electron chi connectivity index (χ2n) is 8.10. The van der Waals surface area contributed by atoms with E-state index in [-0.39, 0.29) is 10.8 Å². The molecule has 1 aliphatic heterocycles. The normalized spacial score (nSPS) is 27.3. The van der Waals surface area contributed by atoms with E-state index in [2.05, 4.69) is 40.2 Å². The highest BCUT2D eigenvalue weighted by Crippen LogP contribution is 2.72. The summed E-state index contributed by atoms with van der Waals surface area (Å²) in [6, 6.07) is 16.6. The Hall–Kier alpha value is -2.16. The van der Waals surface area contributed by atoms with Crippen LogP contribution in [0, 0.1) is 5.41 Å². The third kappa shape index (κ3) is 2.11. The zero-order valence-corrected chi connectivity index (χ0v) is 14.5. The molecule has 0 bridgehead atoms. The number of aromatic nitrogens is 1. The second kappa shape index (κ2) is 5.42. The van der Waals surface area contributed by atoms with Gasteiger partial charge in [-0.25, -0.2) is 0 Å². The van der Waals surface area contributed by atoms with Crippen LogP contribution in [-0.4, -0.2) is 28.9 Å². The minimum Gasteiger partial charge on any atom is -0.340 e. The van der Waals surface area contributed by atoms with Crippen molar-refractivity contribution >= 4 is 5.91 Å². The Morgan fingerprint density at radius 1 is 1.00 bits per heavy atom. The molecule has 25 heavy (non-hydrogen) atoms. The molecule has 1 aromatic carbocycles. The van der Waals surface area contributed by atoms with Crippen LogP contribution in [0.15, 0.2) is 54.7 Å². The first-order valence-electron chi connectivity index (χ1n) is 9.51. The van der Waals surface area contributed by atoms with Gasteiger partial charge in [-0.05, 0) is 42.4 Å². The number of carbonyl (C=O) groups is 1. The molecule has 128 valence electrons. The summed E-state index contributed by atoms with van der Waals surface area (Å²) >= 11 is 0. The zero-order chi connectivity index (χ0) is 16.9. The van der Waals surface area contributed by atoms with Gasteiger partial charge in [-0.1, -0.05) is 49.2 Å². The maximum absolute atomic E-state index is 13.6. The van der Waals surface area contributed by atoms with Crippen LogP contribution in [0.2, 0.25) is 0 Å². The Labute approximate surface area is 149 Å². The molecule has 2 saturated carbocycles. The fourth-order valence-electron chi connectivity index (χ4n) is 5.39. The molecule has 5 rings (SSSR count). The molecular weight excluding hydrogens is 308 g/mol. The van der Waals surface area contributed by atoms with Crippen LogP contribution in [0.1, 0.15) is 49.3 Å². The van der Waals surface area contributed by atoms with E-state index in [0.29, 0.717) is 11.8 Å². The molecule has 1 atom stereocenters. The summed E-state index contributed by atoms with van der Waals surface area (Å²) in [6.45, 7) is 1.64. The van der Waals surface area contributed by atoms with Crippen LogP contribution < -0.4 is 0 Å².